The van der Waals surface area contributed by atoms with Gasteiger partial charge in [-0.15, -0.1) is 23.1 Å². The number of thioether (sulfide) groups is 1. The molecule has 228 valence electrons. The number of aromatic nitrogens is 1. The molecular formula is C29H21F8NO3S2. The predicted octanol–water partition coefficient (Wildman–Crippen LogP) is 8.96. The van der Waals surface area contributed by atoms with Gasteiger partial charge in [-0.05, 0) is 56.7 Å². The maximum Gasteiger partial charge on any atom is 0.416 e. The molecule has 0 bridgehead atoms. The number of nitrogens with zero attached hydrogens (tertiary/aromatic N) is 1. The minimum Gasteiger partial charge on any atom is -0.482 e. The second kappa shape index (κ2) is 12.9. The smallest absolute Gasteiger partial charge is 0.416 e. The highest BCUT2D eigenvalue weighted by atomic mass is 32.2. The van der Waals surface area contributed by atoms with Crippen molar-refractivity contribution < 1.29 is 49.4 Å². The van der Waals surface area contributed by atoms with Crippen LogP contribution in [0.2, 0.25) is 0 Å². The number of aryl methyl sites for hydroxylation is 2. The van der Waals surface area contributed by atoms with Crippen LogP contribution in [0.5, 0.6) is 5.75 Å². The Hall–Kier alpha value is -3.65. The average molecular weight is 648 g/mol. The first-order chi connectivity index (χ1) is 20.2. The van der Waals surface area contributed by atoms with Gasteiger partial charge in [-0.1, -0.05) is 12.1 Å². The van der Waals surface area contributed by atoms with Crippen molar-refractivity contribution in [3.05, 3.63) is 98.8 Å². The molecule has 14 heteroatoms. The molecule has 4 aromatic rings. The number of hydrogen-bond acceptors (Lipinski definition) is 6. The monoisotopic (exact) mass is 647 g/mol. The van der Waals surface area contributed by atoms with Crippen molar-refractivity contribution in [1.29, 1.82) is 0 Å². The quantitative estimate of drug-likeness (QED) is 0.0597. The first kappa shape index (κ1) is 32.3. The summed E-state index contributed by atoms with van der Waals surface area (Å²) < 4.78 is 122. The number of esters is 1. The second-order valence-electron chi connectivity index (χ2n) is 9.05. The van der Waals surface area contributed by atoms with Gasteiger partial charge in [0.25, 0.3) is 0 Å². The van der Waals surface area contributed by atoms with Crippen molar-refractivity contribution in [3.63, 3.8) is 0 Å². The molecule has 3 aromatic carbocycles. The summed E-state index contributed by atoms with van der Waals surface area (Å²) in [5, 5.41) is -1.33. The van der Waals surface area contributed by atoms with Gasteiger partial charge in [-0.25, -0.2) is 31.7 Å². The Morgan fingerprint density at radius 3 is 2.09 bits per heavy atom. The Kier molecular flexibility index (Phi) is 9.70. The molecule has 1 aromatic heterocycles. The molecule has 4 nitrogen and oxygen atoms in total. The Labute approximate surface area is 248 Å². The van der Waals surface area contributed by atoms with Crippen molar-refractivity contribution in [2.75, 3.05) is 13.2 Å². The van der Waals surface area contributed by atoms with Gasteiger partial charge in [0, 0.05) is 20.9 Å². The standard InChI is InChI=1S/C29H21F8NO3S2/c1-4-40-19(39)12-41-18-10-9-17(11-13(18)2)42-27(20-21(30)23(32)25(34)24(33)22(20)31)26-14(3)38-28(43-26)15-5-7-16(8-6-15)29(35,36)37/h5-11,27H,4,12H2,1-3H3. The van der Waals surface area contributed by atoms with Crippen LogP contribution in [0.15, 0.2) is 47.4 Å². The maximum absolute atomic E-state index is 15.1. The predicted molar refractivity (Wildman–Crippen MR) is 145 cm³/mol. The molecule has 0 N–H and O–H groups in total. The Bertz CT molecular complexity index is 1630. The fourth-order valence-corrected chi connectivity index (χ4v) is 6.62. The van der Waals surface area contributed by atoms with E-state index in [0.717, 1.165) is 35.2 Å². The molecule has 0 spiro atoms. The second-order valence-corrected chi connectivity index (χ2v) is 11.3. The lowest BCUT2D eigenvalue weighted by atomic mass is 10.1. The van der Waals surface area contributed by atoms with Crippen LogP contribution in [0.25, 0.3) is 10.6 Å². The summed E-state index contributed by atoms with van der Waals surface area (Å²) in [6.45, 7) is 4.50. The molecular weight excluding hydrogens is 626 g/mol. The minimum absolute atomic E-state index is 0.114. The zero-order chi connectivity index (χ0) is 31.6. The first-order valence-electron chi connectivity index (χ1n) is 12.4. The largest absolute Gasteiger partial charge is 0.482 e. The molecule has 0 aliphatic heterocycles. The highest BCUT2D eigenvalue weighted by Crippen LogP contribution is 2.48. The van der Waals surface area contributed by atoms with E-state index in [2.05, 4.69) is 4.98 Å². The van der Waals surface area contributed by atoms with Crippen LogP contribution in [0.3, 0.4) is 0 Å². The topological polar surface area (TPSA) is 48.4 Å². The normalized spacial score (nSPS) is 12.3. The Morgan fingerprint density at radius 2 is 1.53 bits per heavy atom. The fourth-order valence-electron chi connectivity index (χ4n) is 4.00. The molecule has 1 atom stereocenters. The Balaban J connectivity index is 1.77. The van der Waals surface area contributed by atoms with Gasteiger partial charge in [0.05, 0.1) is 23.1 Å². The van der Waals surface area contributed by atoms with Crippen LogP contribution in [-0.2, 0) is 15.7 Å². The van der Waals surface area contributed by atoms with E-state index in [1.807, 2.05) is 0 Å². The number of halogens is 8. The van der Waals surface area contributed by atoms with Gasteiger partial charge < -0.3 is 9.47 Å². The molecule has 1 unspecified atom stereocenters. The lowest BCUT2D eigenvalue weighted by Crippen LogP contribution is -2.15. The lowest BCUT2D eigenvalue weighted by Gasteiger charge is -2.19. The summed E-state index contributed by atoms with van der Waals surface area (Å²) in [5.41, 5.74) is -1.08. The Morgan fingerprint density at radius 1 is 0.930 bits per heavy atom. The highest BCUT2D eigenvalue weighted by molar-refractivity contribution is 7.99. The number of benzene rings is 3. The van der Waals surface area contributed by atoms with E-state index in [0.29, 0.717) is 16.2 Å². The minimum atomic E-state index is -4.58. The van der Waals surface area contributed by atoms with Crippen LogP contribution in [0, 0.1) is 42.9 Å². The zero-order valence-electron chi connectivity index (χ0n) is 22.5. The number of carbonyl (C=O) groups excluding carboxylic acids is 1. The van der Waals surface area contributed by atoms with Gasteiger partial charge in [0.1, 0.15) is 10.8 Å². The number of hydrogen-bond donors (Lipinski definition) is 0. The maximum atomic E-state index is 15.1. The van der Waals surface area contributed by atoms with Crippen LogP contribution in [0.4, 0.5) is 35.1 Å². The number of ether oxygens (including phenoxy) is 2. The first-order valence-corrected chi connectivity index (χ1v) is 14.1. The van der Waals surface area contributed by atoms with E-state index in [-0.39, 0.29) is 34.4 Å². The van der Waals surface area contributed by atoms with E-state index in [4.69, 9.17) is 9.47 Å². The number of carbonyl (C=O) groups is 1. The van der Waals surface area contributed by atoms with E-state index in [1.54, 1.807) is 13.8 Å². The zero-order valence-corrected chi connectivity index (χ0v) is 24.2. The average Bonchev–Trinajstić information content (AvgIpc) is 3.35. The van der Waals surface area contributed by atoms with Gasteiger partial charge >= 0.3 is 12.1 Å². The van der Waals surface area contributed by atoms with E-state index in [9.17, 15) is 31.1 Å². The van der Waals surface area contributed by atoms with Crippen molar-refractivity contribution in [2.24, 2.45) is 0 Å². The van der Waals surface area contributed by atoms with Crippen molar-refractivity contribution in [3.8, 4) is 16.3 Å². The molecule has 43 heavy (non-hydrogen) atoms. The summed E-state index contributed by atoms with van der Waals surface area (Å²) >= 11 is 1.61. The van der Waals surface area contributed by atoms with Crippen LogP contribution >= 0.6 is 23.1 Å². The van der Waals surface area contributed by atoms with Crippen LogP contribution in [0.1, 0.15) is 39.4 Å². The van der Waals surface area contributed by atoms with Gasteiger partial charge in [0.15, 0.2) is 29.9 Å². The summed E-state index contributed by atoms with van der Waals surface area (Å²) in [6, 6.07) is 8.52. The third-order valence-corrected chi connectivity index (χ3v) is 8.74. The molecule has 0 aliphatic carbocycles. The summed E-state index contributed by atoms with van der Waals surface area (Å²) in [4.78, 5) is 16.4. The summed E-state index contributed by atoms with van der Waals surface area (Å²) in [7, 11) is 0. The summed E-state index contributed by atoms with van der Waals surface area (Å²) in [5.74, 6) is -10.9. The highest BCUT2D eigenvalue weighted by Gasteiger charge is 2.34. The van der Waals surface area contributed by atoms with E-state index >= 15 is 8.78 Å². The molecule has 0 aliphatic rings. The molecule has 0 saturated heterocycles. The third-order valence-electron chi connectivity index (χ3n) is 6.09. The number of rotatable bonds is 9. The third kappa shape index (κ3) is 6.96. The number of alkyl halides is 3. The SMILES string of the molecule is CCOC(=O)COc1ccc(SC(c2sc(-c3ccc(C(F)(F)F)cc3)nc2C)c2c(F)c(F)c(F)c(F)c2F)cc1C. The fraction of sp³-hybridized carbons (Fsp3) is 0.241. The van der Waals surface area contributed by atoms with Gasteiger partial charge in [-0.2, -0.15) is 13.2 Å². The van der Waals surface area contributed by atoms with Crippen LogP contribution in [-0.4, -0.2) is 24.2 Å². The lowest BCUT2D eigenvalue weighted by molar-refractivity contribution is -0.145. The van der Waals surface area contributed by atoms with Gasteiger partial charge in [0.2, 0.25) is 5.82 Å². The molecule has 0 fully saturated rings. The number of thiazole rings is 1. The van der Waals surface area contributed by atoms with Crippen molar-refractivity contribution >= 4 is 29.1 Å². The van der Waals surface area contributed by atoms with Crippen molar-refractivity contribution in [1.82, 2.24) is 4.98 Å². The molecule has 1 heterocycles. The van der Waals surface area contributed by atoms with E-state index in [1.165, 1.54) is 37.3 Å². The van der Waals surface area contributed by atoms with Crippen LogP contribution < -0.4 is 4.74 Å². The van der Waals surface area contributed by atoms with E-state index < -0.39 is 57.6 Å². The summed E-state index contributed by atoms with van der Waals surface area (Å²) in [6.07, 6.45) is -4.58. The van der Waals surface area contributed by atoms with Crippen molar-refractivity contribution in [2.45, 2.75) is 37.1 Å². The molecule has 4 rings (SSSR count). The molecule has 0 saturated carbocycles. The molecule has 0 amide bonds. The molecule has 0 radical (unpaired) electrons. The van der Waals surface area contributed by atoms with Gasteiger partial charge in [-0.3, -0.25) is 0 Å².